The average Bonchev–Trinajstić information content (AvgIpc) is 2.71. The van der Waals surface area contributed by atoms with Gasteiger partial charge in [0.25, 0.3) is 0 Å². The van der Waals surface area contributed by atoms with Gasteiger partial charge in [0, 0.05) is 37.6 Å². The molecule has 0 amide bonds. The van der Waals surface area contributed by atoms with Gasteiger partial charge in [-0.1, -0.05) is 13.0 Å². The number of piperidine rings is 1. The van der Waals surface area contributed by atoms with E-state index in [1.54, 1.807) is 18.3 Å². The summed E-state index contributed by atoms with van der Waals surface area (Å²) in [6.45, 7) is 3.83. The quantitative estimate of drug-likeness (QED) is 0.702. The summed E-state index contributed by atoms with van der Waals surface area (Å²) in [5.41, 5.74) is -0.321. The smallest absolute Gasteiger partial charge is 0.365 e. The normalized spacial score (nSPS) is 17.5. The van der Waals surface area contributed by atoms with E-state index in [-0.39, 0.29) is 12.1 Å². The van der Waals surface area contributed by atoms with Gasteiger partial charge < -0.3 is 10.2 Å². The van der Waals surface area contributed by atoms with E-state index in [0.29, 0.717) is 28.7 Å². The summed E-state index contributed by atoms with van der Waals surface area (Å²) in [5.74, 6) is 1.55. The number of rotatable bonds is 4. The van der Waals surface area contributed by atoms with Crippen LogP contribution in [-0.4, -0.2) is 33.0 Å². The zero-order valence-electron chi connectivity index (χ0n) is 15.9. The fourth-order valence-corrected chi connectivity index (χ4v) is 3.61. The molecular weight excluding hydrogens is 381 g/mol. The minimum absolute atomic E-state index is 0.0560. The van der Waals surface area contributed by atoms with Gasteiger partial charge in [0.15, 0.2) is 5.65 Å². The van der Waals surface area contributed by atoms with Gasteiger partial charge in [-0.3, -0.25) is 4.98 Å². The van der Waals surface area contributed by atoms with Gasteiger partial charge >= 0.3 is 6.18 Å². The Balaban J connectivity index is 1.67. The van der Waals surface area contributed by atoms with E-state index in [9.17, 15) is 13.2 Å². The minimum atomic E-state index is -4.51. The fourth-order valence-electron chi connectivity index (χ4n) is 3.61. The van der Waals surface area contributed by atoms with Crippen molar-refractivity contribution in [3.8, 4) is 0 Å². The third kappa shape index (κ3) is 4.23. The lowest BCUT2D eigenvalue weighted by Crippen LogP contribution is -2.35. The summed E-state index contributed by atoms with van der Waals surface area (Å²) < 4.78 is 39.7. The van der Waals surface area contributed by atoms with Crippen molar-refractivity contribution in [3.63, 3.8) is 0 Å². The zero-order valence-corrected chi connectivity index (χ0v) is 15.9. The number of halogens is 3. The summed E-state index contributed by atoms with van der Waals surface area (Å²) in [5, 5.41) is 3.71. The molecule has 4 rings (SSSR count). The predicted octanol–water partition coefficient (Wildman–Crippen LogP) is 4.29. The van der Waals surface area contributed by atoms with Crippen LogP contribution in [0.3, 0.4) is 0 Å². The minimum Gasteiger partial charge on any atom is -0.365 e. The van der Waals surface area contributed by atoms with Crippen molar-refractivity contribution in [2.75, 3.05) is 23.3 Å². The maximum absolute atomic E-state index is 13.2. The van der Waals surface area contributed by atoms with Crippen LogP contribution in [0.25, 0.3) is 11.0 Å². The molecule has 0 aromatic carbocycles. The highest BCUT2D eigenvalue weighted by atomic mass is 19.4. The Hall–Kier alpha value is -2.97. The summed E-state index contributed by atoms with van der Waals surface area (Å²) in [6.07, 6.45) is 0.492. The number of aromatic nitrogens is 4. The van der Waals surface area contributed by atoms with E-state index in [4.69, 9.17) is 0 Å². The highest BCUT2D eigenvalue weighted by Gasteiger charge is 2.35. The van der Waals surface area contributed by atoms with Crippen LogP contribution in [0.5, 0.6) is 0 Å². The van der Waals surface area contributed by atoms with Gasteiger partial charge in [0.2, 0.25) is 5.95 Å². The number of nitrogens with zero attached hydrogens (tertiary/aromatic N) is 5. The first-order valence-corrected chi connectivity index (χ1v) is 9.54. The second-order valence-corrected chi connectivity index (χ2v) is 7.30. The molecule has 0 saturated carbocycles. The van der Waals surface area contributed by atoms with Crippen LogP contribution < -0.4 is 10.2 Å². The first-order chi connectivity index (χ1) is 13.9. The lowest BCUT2D eigenvalue weighted by atomic mass is 10.0. The van der Waals surface area contributed by atoms with Gasteiger partial charge in [-0.25, -0.2) is 4.98 Å². The van der Waals surface area contributed by atoms with Gasteiger partial charge in [-0.05, 0) is 37.0 Å². The Labute approximate surface area is 166 Å². The molecule has 1 aliphatic heterocycles. The van der Waals surface area contributed by atoms with Gasteiger partial charge in [-0.15, -0.1) is 0 Å². The molecule has 3 aromatic rings. The predicted molar refractivity (Wildman–Crippen MR) is 105 cm³/mol. The SMILES string of the molecule is CC1CCCN(c2nc(NCc3cccnc3C(F)(F)F)c3cccnc3n2)C1. The highest BCUT2D eigenvalue weighted by molar-refractivity contribution is 5.87. The lowest BCUT2D eigenvalue weighted by Gasteiger charge is -2.31. The van der Waals surface area contributed by atoms with E-state index < -0.39 is 11.9 Å². The standard InChI is InChI=1S/C20H21F3N6/c1-13-5-4-10-29(12-13)19-27-17-15(7-3-9-25-17)18(28-19)26-11-14-6-2-8-24-16(14)20(21,22)23/h2-3,6-9,13H,4-5,10-12H2,1H3,(H,25,26,27,28). The molecular formula is C20H21F3N6. The molecule has 4 heterocycles. The summed E-state index contributed by atoms with van der Waals surface area (Å²) in [4.78, 5) is 19.1. The first-order valence-electron chi connectivity index (χ1n) is 9.54. The molecule has 29 heavy (non-hydrogen) atoms. The summed E-state index contributed by atoms with van der Waals surface area (Å²) >= 11 is 0. The molecule has 1 fully saturated rings. The molecule has 0 spiro atoms. The Kier molecular flexibility index (Phi) is 5.21. The Bertz CT molecular complexity index is 1010. The van der Waals surface area contributed by atoms with E-state index in [1.165, 1.54) is 12.1 Å². The number of anilines is 2. The number of nitrogens with one attached hydrogen (secondary N) is 1. The molecule has 6 nitrogen and oxygen atoms in total. The molecule has 1 unspecified atom stereocenters. The molecule has 1 N–H and O–H groups in total. The highest BCUT2D eigenvalue weighted by Crippen LogP contribution is 2.31. The molecule has 1 saturated heterocycles. The Morgan fingerprint density at radius 2 is 1.93 bits per heavy atom. The molecule has 1 aliphatic rings. The lowest BCUT2D eigenvalue weighted by molar-refractivity contribution is -0.141. The maximum atomic E-state index is 13.2. The van der Waals surface area contributed by atoms with Crippen LogP contribution in [0.4, 0.5) is 24.9 Å². The number of fused-ring (bicyclic) bond motifs is 1. The fraction of sp³-hybridized carbons (Fsp3) is 0.400. The number of hydrogen-bond donors (Lipinski definition) is 1. The van der Waals surface area contributed by atoms with Crippen molar-refractivity contribution in [1.82, 2.24) is 19.9 Å². The van der Waals surface area contributed by atoms with Crippen molar-refractivity contribution < 1.29 is 13.2 Å². The van der Waals surface area contributed by atoms with E-state index in [2.05, 4.69) is 37.1 Å². The number of alkyl halides is 3. The van der Waals surface area contributed by atoms with E-state index in [0.717, 1.165) is 32.1 Å². The van der Waals surface area contributed by atoms with Crippen molar-refractivity contribution in [3.05, 3.63) is 47.9 Å². The maximum Gasteiger partial charge on any atom is 0.433 e. The van der Waals surface area contributed by atoms with Crippen LogP contribution in [0.2, 0.25) is 0 Å². The van der Waals surface area contributed by atoms with Gasteiger partial charge in [0.1, 0.15) is 11.5 Å². The second-order valence-electron chi connectivity index (χ2n) is 7.30. The molecule has 9 heteroatoms. The van der Waals surface area contributed by atoms with E-state index in [1.807, 2.05) is 0 Å². The summed E-state index contributed by atoms with van der Waals surface area (Å²) in [7, 11) is 0. The molecule has 3 aromatic heterocycles. The van der Waals surface area contributed by atoms with E-state index >= 15 is 0 Å². The Morgan fingerprint density at radius 3 is 2.72 bits per heavy atom. The molecule has 0 bridgehead atoms. The van der Waals surface area contributed by atoms with Gasteiger partial charge in [0.05, 0.1) is 5.39 Å². The van der Waals surface area contributed by atoms with Crippen molar-refractivity contribution in [2.45, 2.75) is 32.5 Å². The summed E-state index contributed by atoms with van der Waals surface area (Å²) in [6, 6.07) is 6.47. The van der Waals surface area contributed by atoms with Crippen LogP contribution in [-0.2, 0) is 12.7 Å². The Morgan fingerprint density at radius 1 is 1.14 bits per heavy atom. The third-order valence-electron chi connectivity index (χ3n) is 5.01. The van der Waals surface area contributed by atoms with Crippen LogP contribution in [0.1, 0.15) is 31.0 Å². The number of pyridine rings is 2. The van der Waals surface area contributed by atoms with Crippen LogP contribution >= 0.6 is 0 Å². The number of hydrogen-bond acceptors (Lipinski definition) is 6. The van der Waals surface area contributed by atoms with Gasteiger partial charge in [-0.2, -0.15) is 23.1 Å². The monoisotopic (exact) mass is 402 g/mol. The molecule has 1 atom stereocenters. The second kappa shape index (κ2) is 7.81. The topological polar surface area (TPSA) is 66.8 Å². The molecule has 152 valence electrons. The van der Waals surface area contributed by atoms with Crippen LogP contribution in [0.15, 0.2) is 36.7 Å². The third-order valence-corrected chi connectivity index (χ3v) is 5.01. The van der Waals surface area contributed by atoms with Crippen LogP contribution in [0, 0.1) is 5.92 Å². The largest absolute Gasteiger partial charge is 0.433 e. The van der Waals surface area contributed by atoms with Crippen molar-refractivity contribution in [2.24, 2.45) is 5.92 Å². The first kappa shape index (κ1) is 19.4. The average molecular weight is 402 g/mol. The zero-order chi connectivity index (χ0) is 20.4. The molecule has 0 radical (unpaired) electrons. The van der Waals surface area contributed by atoms with Crippen molar-refractivity contribution in [1.29, 1.82) is 0 Å². The van der Waals surface area contributed by atoms with Crippen molar-refractivity contribution >= 4 is 22.8 Å². The molecule has 0 aliphatic carbocycles.